The first-order valence-electron chi connectivity index (χ1n) is 9.40. The summed E-state index contributed by atoms with van der Waals surface area (Å²) < 4.78 is 7.22. The van der Waals surface area contributed by atoms with Gasteiger partial charge in [-0.3, -0.25) is 4.99 Å². The number of phenolic OH excluding ortho intramolecular Hbond substituents is 1. The van der Waals surface area contributed by atoms with Gasteiger partial charge in [-0.1, -0.05) is 42.0 Å². The molecule has 6 heteroatoms. The smallest absolute Gasteiger partial charge is 0.206 e. The number of aromatic hydroxyl groups is 1. The normalized spacial score (nSPS) is 11.9. The van der Waals surface area contributed by atoms with Crippen molar-refractivity contribution in [1.29, 1.82) is 0 Å². The Morgan fingerprint density at radius 3 is 2.66 bits per heavy atom. The molecule has 0 saturated carbocycles. The number of benzene rings is 2. The summed E-state index contributed by atoms with van der Waals surface area (Å²) in [4.78, 5) is 5.40. The molecule has 1 heterocycles. The van der Waals surface area contributed by atoms with Crippen molar-refractivity contribution in [1.82, 2.24) is 4.68 Å². The zero-order valence-corrected chi connectivity index (χ0v) is 17.7. The van der Waals surface area contributed by atoms with Gasteiger partial charge in [0.2, 0.25) is 4.80 Å². The maximum atomic E-state index is 10.3. The highest BCUT2D eigenvalue weighted by Crippen LogP contribution is 2.23. The van der Waals surface area contributed by atoms with E-state index >= 15 is 0 Å². The molecular weight excluding hydrogens is 382 g/mol. The largest absolute Gasteiger partial charge is 0.507 e. The van der Waals surface area contributed by atoms with Crippen LogP contribution >= 0.6 is 11.3 Å². The lowest BCUT2D eigenvalue weighted by Crippen LogP contribution is -2.13. The average molecular weight is 408 g/mol. The summed E-state index contributed by atoms with van der Waals surface area (Å²) in [6, 6.07) is 13.5. The zero-order chi connectivity index (χ0) is 20.8. The van der Waals surface area contributed by atoms with Gasteiger partial charge in [0.1, 0.15) is 11.5 Å². The lowest BCUT2D eigenvalue weighted by atomic mass is 10.1. The first-order valence-corrected chi connectivity index (χ1v) is 10.3. The van der Waals surface area contributed by atoms with E-state index in [-0.39, 0.29) is 5.75 Å². The molecule has 0 atom stereocenters. The molecule has 3 aromatic rings. The van der Waals surface area contributed by atoms with E-state index in [4.69, 9.17) is 4.74 Å². The quantitative estimate of drug-likeness (QED) is 0.443. The molecule has 150 valence electrons. The van der Waals surface area contributed by atoms with Crippen LogP contribution in [-0.2, 0) is 0 Å². The van der Waals surface area contributed by atoms with Crippen molar-refractivity contribution >= 4 is 17.6 Å². The van der Waals surface area contributed by atoms with Gasteiger partial charge < -0.3 is 9.84 Å². The highest BCUT2D eigenvalue weighted by molar-refractivity contribution is 7.07. The van der Waals surface area contributed by atoms with Crippen LogP contribution in [0.5, 0.6) is 11.5 Å². The van der Waals surface area contributed by atoms with Crippen molar-refractivity contribution in [3.8, 4) is 22.8 Å². The van der Waals surface area contributed by atoms with Crippen LogP contribution in [0.3, 0.4) is 0 Å². The minimum Gasteiger partial charge on any atom is -0.507 e. The summed E-state index contributed by atoms with van der Waals surface area (Å²) in [5, 5.41) is 17.0. The number of hydrogen-bond acceptors (Lipinski definition) is 5. The summed E-state index contributed by atoms with van der Waals surface area (Å²) in [7, 11) is 0. The van der Waals surface area contributed by atoms with Crippen LogP contribution in [0.25, 0.3) is 11.3 Å². The Labute approximate surface area is 175 Å². The summed E-state index contributed by atoms with van der Waals surface area (Å²) in [6.45, 7) is 10.9. The van der Waals surface area contributed by atoms with Crippen molar-refractivity contribution in [2.24, 2.45) is 10.1 Å². The molecule has 29 heavy (non-hydrogen) atoms. The van der Waals surface area contributed by atoms with E-state index in [2.05, 4.69) is 47.9 Å². The van der Waals surface area contributed by atoms with Crippen LogP contribution in [0.4, 0.5) is 0 Å². The van der Waals surface area contributed by atoms with Gasteiger partial charge in [0, 0.05) is 22.6 Å². The van der Waals surface area contributed by atoms with Crippen molar-refractivity contribution in [3.05, 3.63) is 75.9 Å². The molecule has 0 fully saturated rings. The highest BCUT2D eigenvalue weighted by atomic mass is 32.1. The number of aromatic nitrogens is 1. The number of rotatable bonds is 7. The number of hydrogen-bond donors (Lipinski definition) is 1. The fraction of sp³-hybridized carbons (Fsp3) is 0.217. The summed E-state index contributed by atoms with van der Waals surface area (Å²) in [5.74, 6) is 0.746. The van der Waals surface area contributed by atoms with Gasteiger partial charge in [-0.25, -0.2) is 4.68 Å². The molecule has 5 nitrogen and oxygen atoms in total. The highest BCUT2D eigenvalue weighted by Gasteiger charge is 2.08. The van der Waals surface area contributed by atoms with Crippen molar-refractivity contribution < 1.29 is 9.84 Å². The molecule has 0 spiro atoms. The number of ether oxygens (including phenoxy) is 1. The Balaban J connectivity index is 2.03. The third kappa shape index (κ3) is 5.23. The maximum absolute atomic E-state index is 10.3. The van der Waals surface area contributed by atoms with Gasteiger partial charge >= 0.3 is 0 Å². The molecule has 0 saturated heterocycles. The predicted octanol–water partition coefficient (Wildman–Crippen LogP) is 4.99. The van der Waals surface area contributed by atoms with Gasteiger partial charge in [-0.05, 0) is 32.9 Å². The minimum absolute atomic E-state index is 0.118. The Kier molecular flexibility index (Phi) is 6.67. The fourth-order valence-electron chi connectivity index (χ4n) is 2.65. The van der Waals surface area contributed by atoms with Gasteiger partial charge in [-0.2, -0.15) is 5.10 Å². The molecule has 0 radical (unpaired) electrons. The molecule has 0 aliphatic carbocycles. The molecular formula is C23H25N3O2S. The molecule has 0 unspecified atom stereocenters. The topological polar surface area (TPSA) is 59.1 Å². The number of phenols is 1. The van der Waals surface area contributed by atoms with E-state index in [0.717, 1.165) is 21.6 Å². The third-order valence-corrected chi connectivity index (χ3v) is 5.00. The summed E-state index contributed by atoms with van der Waals surface area (Å²) >= 11 is 1.52. The zero-order valence-electron chi connectivity index (χ0n) is 16.9. The molecule has 0 aliphatic rings. The second-order valence-corrected chi connectivity index (χ2v) is 7.59. The van der Waals surface area contributed by atoms with Crippen LogP contribution in [0, 0.1) is 6.92 Å². The van der Waals surface area contributed by atoms with Gasteiger partial charge in [0.15, 0.2) is 0 Å². The number of thiazole rings is 1. The van der Waals surface area contributed by atoms with E-state index in [0.29, 0.717) is 24.5 Å². The van der Waals surface area contributed by atoms with Crippen LogP contribution < -0.4 is 9.54 Å². The third-order valence-electron chi connectivity index (χ3n) is 4.14. The summed E-state index contributed by atoms with van der Waals surface area (Å²) in [6.07, 6.45) is 1.63. The van der Waals surface area contributed by atoms with E-state index in [1.54, 1.807) is 23.0 Å². The van der Waals surface area contributed by atoms with Crippen molar-refractivity contribution in [2.45, 2.75) is 20.8 Å². The van der Waals surface area contributed by atoms with E-state index in [1.807, 2.05) is 25.3 Å². The van der Waals surface area contributed by atoms with Gasteiger partial charge in [0.25, 0.3) is 0 Å². The fourth-order valence-corrected chi connectivity index (χ4v) is 3.49. The molecule has 1 N–H and O–H groups in total. The number of nitrogens with zero attached hydrogens (tertiary/aromatic N) is 3. The predicted molar refractivity (Wildman–Crippen MR) is 120 cm³/mol. The first-order chi connectivity index (χ1) is 14.0. The molecule has 1 aromatic heterocycles. The number of aryl methyl sites for hydroxylation is 1. The lowest BCUT2D eigenvalue weighted by molar-refractivity contribution is 0.337. The maximum Gasteiger partial charge on any atom is 0.206 e. The minimum atomic E-state index is 0.118. The molecule has 0 aliphatic heterocycles. The first kappa shape index (κ1) is 20.6. The van der Waals surface area contributed by atoms with Crippen LogP contribution in [0.1, 0.15) is 25.0 Å². The SMILES string of the molecule is C=C(C)CN=c1scc(-c2ccc(C)cc2)n1N=Cc1ccc(OCC)cc1O. The summed E-state index contributed by atoms with van der Waals surface area (Å²) in [5.41, 5.74) is 4.78. The van der Waals surface area contributed by atoms with E-state index in [9.17, 15) is 5.11 Å². The second kappa shape index (κ2) is 9.39. The standard InChI is InChI=1S/C23H25N3O2S/c1-5-28-20-11-10-19(22(27)12-20)14-25-26-21(18-8-6-17(4)7-9-18)15-29-23(26)24-13-16(2)3/h6-12,14-15,27H,2,5,13H2,1,3-4H3. The van der Waals surface area contributed by atoms with Crippen LogP contribution in [0.2, 0.25) is 0 Å². The van der Waals surface area contributed by atoms with Crippen LogP contribution in [-0.4, -0.2) is 29.1 Å². The van der Waals surface area contributed by atoms with E-state index < -0.39 is 0 Å². The van der Waals surface area contributed by atoms with Crippen molar-refractivity contribution in [3.63, 3.8) is 0 Å². The second-order valence-electron chi connectivity index (χ2n) is 6.75. The molecule has 3 rings (SSSR count). The molecule has 0 amide bonds. The van der Waals surface area contributed by atoms with E-state index in [1.165, 1.54) is 16.9 Å². The van der Waals surface area contributed by atoms with Gasteiger partial charge in [0.05, 0.1) is 25.1 Å². The monoisotopic (exact) mass is 407 g/mol. The lowest BCUT2D eigenvalue weighted by Gasteiger charge is -2.06. The van der Waals surface area contributed by atoms with Crippen LogP contribution in [0.15, 0.2) is 70.1 Å². The molecule has 2 aromatic carbocycles. The van der Waals surface area contributed by atoms with Crippen molar-refractivity contribution in [2.75, 3.05) is 13.2 Å². The Morgan fingerprint density at radius 2 is 2.00 bits per heavy atom. The Bertz CT molecular complexity index is 1090. The Hall–Kier alpha value is -3.12. The van der Waals surface area contributed by atoms with Gasteiger partial charge in [-0.15, -0.1) is 11.3 Å². The Morgan fingerprint density at radius 1 is 1.24 bits per heavy atom. The average Bonchev–Trinajstić information content (AvgIpc) is 3.09. The molecule has 0 bridgehead atoms.